The van der Waals surface area contributed by atoms with Crippen molar-refractivity contribution < 1.29 is 22.3 Å². The standard InChI is InChI=1S/C28H30FN5O4S/c1-19-3-7-21(8-4-19)18-38-28(35)33-13-11-22(25(29)17-33)15-30-27-31-16-23-12-14-34(26(23)32-27)39(36,37)24-9-5-20(2)6-10-24/h3-10,12,14,16,22,25H,11,13,15,17-18H2,1-2H3,(H,30,31,32)/t22-,25-/m1/s1. The third-order valence-electron chi connectivity index (χ3n) is 6.91. The van der Waals surface area contributed by atoms with Gasteiger partial charge in [-0.15, -0.1) is 0 Å². The lowest BCUT2D eigenvalue weighted by molar-refractivity contribution is 0.0544. The fourth-order valence-electron chi connectivity index (χ4n) is 4.49. The Morgan fingerprint density at radius 1 is 1.08 bits per heavy atom. The predicted octanol–water partition coefficient (Wildman–Crippen LogP) is 4.69. The summed E-state index contributed by atoms with van der Waals surface area (Å²) >= 11 is 0. The summed E-state index contributed by atoms with van der Waals surface area (Å²) in [5.74, 6) is -0.165. The molecule has 204 valence electrons. The Morgan fingerprint density at radius 2 is 1.77 bits per heavy atom. The number of nitrogens with one attached hydrogen (secondary N) is 1. The second-order valence-corrected chi connectivity index (χ2v) is 11.6. The lowest BCUT2D eigenvalue weighted by Crippen LogP contribution is -2.46. The number of fused-ring (bicyclic) bond motifs is 1. The number of amides is 1. The summed E-state index contributed by atoms with van der Waals surface area (Å²) in [4.78, 5) is 22.7. The molecule has 2 aromatic heterocycles. The molecule has 1 saturated heterocycles. The van der Waals surface area contributed by atoms with E-state index < -0.39 is 22.3 Å². The van der Waals surface area contributed by atoms with Crippen LogP contribution in [0.2, 0.25) is 0 Å². The molecule has 4 aromatic rings. The number of piperidine rings is 1. The molecule has 0 unspecified atom stereocenters. The number of aromatic nitrogens is 3. The van der Waals surface area contributed by atoms with Crippen molar-refractivity contribution in [3.63, 3.8) is 0 Å². The van der Waals surface area contributed by atoms with Gasteiger partial charge >= 0.3 is 6.09 Å². The van der Waals surface area contributed by atoms with E-state index in [1.165, 1.54) is 17.3 Å². The summed E-state index contributed by atoms with van der Waals surface area (Å²) in [5, 5.41) is 3.61. The third kappa shape index (κ3) is 5.88. The quantitative estimate of drug-likeness (QED) is 0.355. The largest absolute Gasteiger partial charge is 0.445 e. The van der Waals surface area contributed by atoms with E-state index in [-0.39, 0.29) is 42.1 Å². The second kappa shape index (κ2) is 11.0. The number of alkyl halides is 1. The zero-order chi connectivity index (χ0) is 27.6. The number of ether oxygens (including phenoxy) is 1. The molecule has 3 heterocycles. The minimum atomic E-state index is -3.85. The first kappa shape index (κ1) is 26.6. The second-order valence-electron chi connectivity index (χ2n) is 9.83. The summed E-state index contributed by atoms with van der Waals surface area (Å²) in [5.41, 5.74) is 3.18. The SMILES string of the molecule is Cc1ccc(COC(=O)N2CC[C@H](CNc3ncc4ccn(S(=O)(=O)c5ccc(C)cc5)c4n3)[C@H](F)C2)cc1. The van der Waals surface area contributed by atoms with Crippen molar-refractivity contribution in [1.82, 2.24) is 18.8 Å². The van der Waals surface area contributed by atoms with Crippen LogP contribution in [0.3, 0.4) is 0 Å². The van der Waals surface area contributed by atoms with Gasteiger partial charge in [-0.2, -0.15) is 4.98 Å². The van der Waals surface area contributed by atoms with Crippen LogP contribution in [-0.4, -0.2) is 59.2 Å². The van der Waals surface area contributed by atoms with Crippen molar-refractivity contribution >= 4 is 33.1 Å². The average Bonchev–Trinajstić information content (AvgIpc) is 3.36. The molecular formula is C28H30FN5O4S. The number of hydrogen-bond donors (Lipinski definition) is 1. The van der Waals surface area contributed by atoms with Crippen LogP contribution < -0.4 is 5.32 Å². The molecule has 39 heavy (non-hydrogen) atoms. The van der Waals surface area contributed by atoms with E-state index in [4.69, 9.17) is 4.74 Å². The molecule has 5 rings (SSSR count). The minimum absolute atomic E-state index is 0.0589. The highest BCUT2D eigenvalue weighted by Gasteiger charge is 2.32. The van der Waals surface area contributed by atoms with Crippen molar-refractivity contribution in [2.45, 2.75) is 37.9 Å². The minimum Gasteiger partial charge on any atom is -0.445 e. The topological polar surface area (TPSA) is 106 Å². The highest BCUT2D eigenvalue weighted by atomic mass is 32.2. The zero-order valence-electron chi connectivity index (χ0n) is 21.7. The molecule has 0 bridgehead atoms. The number of rotatable bonds is 7. The van der Waals surface area contributed by atoms with Gasteiger partial charge in [0.1, 0.15) is 12.8 Å². The maximum atomic E-state index is 15.0. The van der Waals surface area contributed by atoms with Crippen LogP contribution in [0.25, 0.3) is 11.0 Å². The van der Waals surface area contributed by atoms with E-state index in [0.717, 1.165) is 20.7 Å². The van der Waals surface area contributed by atoms with Gasteiger partial charge in [0.2, 0.25) is 5.95 Å². The molecule has 11 heteroatoms. The summed E-state index contributed by atoms with van der Waals surface area (Å²) in [6, 6.07) is 15.9. The van der Waals surface area contributed by atoms with Crippen LogP contribution in [-0.2, 0) is 21.4 Å². The van der Waals surface area contributed by atoms with E-state index in [1.54, 1.807) is 30.3 Å². The van der Waals surface area contributed by atoms with E-state index in [1.807, 2.05) is 38.1 Å². The van der Waals surface area contributed by atoms with Gasteiger partial charge in [0, 0.05) is 36.8 Å². The Kier molecular flexibility index (Phi) is 7.51. The van der Waals surface area contributed by atoms with Crippen LogP contribution in [0, 0.1) is 19.8 Å². The van der Waals surface area contributed by atoms with Gasteiger partial charge in [-0.25, -0.2) is 26.6 Å². The predicted molar refractivity (Wildman–Crippen MR) is 146 cm³/mol. The van der Waals surface area contributed by atoms with Gasteiger partial charge in [0.25, 0.3) is 10.0 Å². The van der Waals surface area contributed by atoms with Crippen LogP contribution in [0.15, 0.2) is 71.9 Å². The van der Waals surface area contributed by atoms with Crippen LogP contribution in [0.1, 0.15) is 23.1 Å². The Bertz CT molecular complexity index is 1570. The summed E-state index contributed by atoms with van der Waals surface area (Å²) in [7, 11) is -3.85. The monoisotopic (exact) mass is 551 g/mol. The normalized spacial score (nSPS) is 17.8. The van der Waals surface area contributed by atoms with Crippen molar-refractivity contribution in [2.24, 2.45) is 5.92 Å². The van der Waals surface area contributed by atoms with Gasteiger partial charge < -0.3 is 15.0 Å². The number of nitrogens with zero attached hydrogens (tertiary/aromatic N) is 4. The first-order valence-corrected chi connectivity index (χ1v) is 14.2. The lowest BCUT2D eigenvalue weighted by Gasteiger charge is -2.34. The Hall–Kier alpha value is -3.99. The molecule has 2 atom stereocenters. The fourth-order valence-corrected chi connectivity index (χ4v) is 5.79. The number of anilines is 1. The molecule has 0 saturated carbocycles. The Morgan fingerprint density at radius 3 is 2.46 bits per heavy atom. The fraction of sp³-hybridized carbons (Fsp3) is 0.321. The molecule has 1 aliphatic rings. The van der Waals surface area contributed by atoms with E-state index in [0.29, 0.717) is 18.4 Å². The molecule has 9 nitrogen and oxygen atoms in total. The molecule has 1 N–H and O–H groups in total. The molecule has 1 aliphatic heterocycles. The van der Waals surface area contributed by atoms with Gasteiger partial charge in [-0.3, -0.25) is 0 Å². The van der Waals surface area contributed by atoms with E-state index >= 15 is 0 Å². The Labute approximate surface area is 226 Å². The van der Waals surface area contributed by atoms with E-state index in [9.17, 15) is 17.6 Å². The molecule has 0 aliphatic carbocycles. The number of carbonyl (C=O) groups is 1. The average molecular weight is 552 g/mol. The molecule has 1 amide bonds. The maximum Gasteiger partial charge on any atom is 0.410 e. The number of benzene rings is 2. The number of halogens is 1. The van der Waals surface area contributed by atoms with Crippen molar-refractivity contribution in [2.75, 3.05) is 25.0 Å². The van der Waals surface area contributed by atoms with Crippen molar-refractivity contribution in [3.8, 4) is 0 Å². The van der Waals surface area contributed by atoms with Gasteiger partial charge in [0.15, 0.2) is 5.65 Å². The first-order valence-electron chi connectivity index (χ1n) is 12.7. The van der Waals surface area contributed by atoms with Crippen LogP contribution in [0.4, 0.5) is 15.1 Å². The smallest absolute Gasteiger partial charge is 0.410 e. The number of carbonyl (C=O) groups excluding carboxylic acids is 1. The van der Waals surface area contributed by atoms with Gasteiger partial charge in [0.05, 0.1) is 11.4 Å². The zero-order valence-corrected chi connectivity index (χ0v) is 22.6. The maximum absolute atomic E-state index is 15.0. The van der Waals surface area contributed by atoms with Gasteiger partial charge in [-0.1, -0.05) is 47.5 Å². The number of likely N-dealkylation sites (tertiary alicyclic amines) is 1. The van der Waals surface area contributed by atoms with Crippen molar-refractivity contribution in [1.29, 1.82) is 0 Å². The first-order chi connectivity index (χ1) is 18.7. The molecule has 2 aromatic carbocycles. The summed E-state index contributed by atoms with van der Waals surface area (Å²) in [6.07, 6.45) is 1.63. The number of hydrogen-bond acceptors (Lipinski definition) is 7. The lowest BCUT2D eigenvalue weighted by atomic mass is 9.95. The van der Waals surface area contributed by atoms with Crippen LogP contribution >= 0.6 is 0 Å². The summed E-state index contributed by atoms with van der Waals surface area (Å²) < 4.78 is 47.9. The van der Waals surface area contributed by atoms with Crippen LogP contribution in [0.5, 0.6) is 0 Å². The molecule has 1 fully saturated rings. The van der Waals surface area contributed by atoms with Gasteiger partial charge in [-0.05, 0) is 44.0 Å². The number of aryl methyl sites for hydroxylation is 2. The summed E-state index contributed by atoms with van der Waals surface area (Å²) in [6.45, 7) is 4.56. The molecular weight excluding hydrogens is 521 g/mol. The highest BCUT2D eigenvalue weighted by molar-refractivity contribution is 7.90. The highest BCUT2D eigenvalue weighted by Crippen LogP contribution is 2.24. The Balaban J connectivity index is 1.19. The van der Waals surface area contributed by atoms with E-state index in [2.05, 4.69) is 15.3 Å². The molecule has 0 spiro atoms. The third-order valence-corrected chi connectivity index (χ3v) is 8.59. The molecule has 0 radical (unpaired) electrons. The van der Waals surface area contributed by atoms with Crippen molar-refractivity contribution in [3.05, 3.63) is 83.7 Å².